The Hall–Kier alpha value is -13.1. The quantitative estimate of drug-likeness (QED) is 0.0251. The molecule has 0 saturated carbocycles. The lowest BCUT2D eigenvalue weighted by Gasteiger charge is -2.29. The number of anilines is 2. The van der Waals surface area contributed by atoms with Crippen molar-refractivity contribution < 1.29 is 22.1 Å². The van der Waals surface area contributed by atoms with Crippen molar-refractivity contribution in [2.75, 3.05) is 116 Å². The van der Waals surface area contributed by atoms with Crippen LogP contribution in [0.25, 0.3) is 152 Å². The summed E-state index contributed by atoms with van der Waals surface area (Å²) in [6, 6.07) is 116. The number of piperazine rings is 2. The molecule has 0 spiro atoms. The summed E-state index contributed by atoms with van der Waals surface area (Å²) in [4.78, 5) is 7.46. The smallest absolute Gasteiger partial charge is 0.207 e. The molecular weight excluding hydrogens is 1790 g/mol. The number of benzene rings is 16. The van der Waals surface area contributed by atoms with Gasteiger partial charge in [-0.2, -0.15) is 0 Å². The van der Waals surface area contributed by atoms with Crippen LogP contribution in [0.4, 0.5) is 11.4 Å². The van der Waals surface area contributed by atoms with Crippen LogP contribution in [0.3, 0.4) is 0 Å². The first-order valence-electron chi connectivity index (χ1n) is 48.4. The van der Waals surface area contributed by atoms with Crippen LogP contribution < -0.4 is 64.3 Å². The van der Waals surface area contributed by atoms with Gasteiger partial charge in [-0.1, -0.05) is 182 Å². The van der Waals surface area contributed by atoms with Gasteiger partial charge in [-0.15, -0.1) is 22.7 Å². The van der Waals surface area contributed by atoms with Crippen molar-refractivity contribution >= 4 is 95.0 Å². The number of fused-ring (bicyclic) bond motifs is 12. The summed E-state index contributed by atoms with van der Waals surface area (Å²) in [6.07, 6.45) is 7.14. The molecule has 0 radical (unpaired) electrons. The van der Waals surface area contributed by atoms with Gasteiger partial charge in [0, 0.05) is 137 Å². The number of sulfone groups is 1. The maximum atomic E-state index is 13.3. The second-order valence-corrected chi connectivity index (χ2v) is 41.5. The minimum atomic E-state index is -3.53. The summed E-state index contributed by atoms with van der Waals surface area (Å²) in [5.41, 5.74) is 66.4. The van der Waals surface area contributed by atoms with Crippen LogP contribution in [-0.2, 0) is 59.2 Å². The zero-order valence-electron chi connectivity index (χ0n) is 78.8. The van der Waals surface area contributed by atoms with Crippen LogP contribution >= 0.6 is 22.7 Å². The summed E-state index contributed by atoms with van der Waals surface area (Å²) in [5.74, 6) is 1.73. The maximum Gasteiger partial charge on any atom is 0.207 e. The molecule has 4 aliphatic rings. The predicted molar refractivity (Wildman–Crippen MR) is 585 cm³/mol. The highest BCUT2D eigenvalue weighted by molar-refractivity contribution is 7.92. The van der Waals surface area contributed by atoms with Gasteiger partial charge < -0.3 is 64.3 Å². The summed E-state index contributed by atoms with van der Waals surface area (Å²) in [7, 11) is -1.24. The van der Waals surface area contributed by atoms with Crippen molar-refractivity contribution in [2.45, 2.75) is 70.9 Å². The number of thiophene rings is 2. The molecule has 0 unspecified atom stereocenters. The van der Waals surface area contributed by atoms with Crippen LogP contribution in [0.1, 0.15) is 46.2 Å². The zero-order chi connectivity index (χ0) is 95.5. The topological polar surface area (TPSA) is 256 Å². The van der Waals surface area contributed by atoms with E-state index >= 15 is 0 Å². The molecule has 14 N–H and O–H groups in total. The molecule has 0 bridgehead atoms. The van der Waals surface area contributed by atoms with Crippen molar-refractivity contribution in [2.24, 2.45) is 34.4 Å². The number of aryl methyl sites for hydroxylation is 2. The first kappa shape index (κ1) is 94.9. The molecule has 6 heterocycles. The second kappa shape index (κ2) is 43.5. The molecule has 2 saturated heterocycles. The lowest BCUT2D eigenvalue weighted by Crippen LogP contribution is -2.43. The molecule has 2 fully saturated rings. The van der Waals surface area contributed by atoms with Gasteiger partial charge in [0.05, 0.1) is 44.6 Å². The second-order valence-electron chi connectivity index (χ2n) is 36.0. The van der Waals surface area contributed by atoms with E-state index in [1.807, 2.05) is 71.2 Å². The first-order valence-corrected chi connectivity index (χ1v) is 52.6. The molecule has 139 heavy (non-hydrogen) atoms. The van der Waals surface area contributed by atoms with Gasteiger partial charge in [0.15, 0.2) is 0 Å². The average Bonchev–Trinajstić information content (AvgIpc) is 1.57. The van der Waals surface area contributed by atoms with E-state index in [9.17, 15) is 12.6 Å². The fourth-order valence-electron chi connectivity index (χ4n) is 19.7. The molecule has 19 heteroatoms. The van der Waals surface area contributed by atoms with Gasteiger partial charge >= 0.3 is 0 Å². The minimum absolute atomic E-state index is 0.379. The van der Waals surface area contributed by atoms with Crippen molar-refractivity contribution in [3.05, 3.63) is 361 Å². The highest BCUT2D eigenvalue weighted by atomic mass is 32.2. The van der Waals surface area contributed by atoms with Gasteiger partial charge in [0.2, 0.25) is 9.84 Å². The Morgan fingerprint density at radius 3 is 0.914 bits per heavy atom. The molecule has 4 aliphatic heterocycles. The van der Waals surface area contributed by atoms with Crippen molar-refractivity contribution in [3.63, 3.8) is 0 Å². The largest absolute Gasteiger partial charge is 0.496 e. The molecule has 0 atom stereocenters. The maximum absolute atomic E-state index is 13.3. The summed E-state index contributed by atoms with van der Waals surface area (Å²) in [6.45, 7) is 12.4. The summed E-state index contributed by atoms with van der Waals surface area (Å²) < 4.78 is 56.4. The Bertz CT molecular complexity index is 7220. The van der Waals surface area contributed by atoms with Gasteiger partial charge in [-0.05, 0) is 347 Å². The van der Waals surface area contributed by atoms with Crippen LogP contribution in [-0.4, -0.2) is 118 Å². The van der Waals surface area contributed by atoms with E-state index in [4.69, 9.17) is 43.9 Å². The van der Waals surface area contributed by atoms with Crippen LogP contribution in [0, 0.1) is 0 Å². The molecule has 0 aliphatic carbocycles. The zero-order valence-corrected chi connectivity index (χ0v) is 82.0. The molecule has 18 aromatic rings. The third kappa shape index (κ3) is 20.9. The lowest BCUT2D eigenvalue weighted by atomic mass is 9.94. The summed E-state index contributed by atoms with van der Waals surface area (Å²) >= 11 is 3.70. The van der Waals surface area contributed by atoms with Crippen LogP contribution in [0.15, 0.2) is 347 Å². The van der Waals surface area contributed by atoms with E-state index in [1.165, 1.54) is 107 Å². The standard InChI is InChI=1S/C32H32N4S.2C30H30N2O2S.C28H26N2OS/c1-7-27(35-17-13-33-14-18-35)8-2-23(1)25-5-11-31-29(21-25)30-22-26(6-12-32(30)37-31)24-3-9-28(10-4-24)36-19-15-34-16-20-36;1-33-27-7-3-19(11-13-31)15-23(27)21-5-9-29-25(17-21)26-18-22(6-10-30(26)35-29)24-16-20(12-14-32)4-8-28(24)34-2;31-15-3-7-21-5-1-9-23(17-21)25-11-13-29-27(19-25)28-20-26(12-14-30(28)35(29,33)34)24-10-2-6-22(18-24)8-4-16-32;29-13-11-19-3-1-5-21(15-19)23-7-9-27-25(17-23)26-18-24(8-10-28(26)32(27)31)22-6-2-4-20(16-22)12-14-30/h1-12,21-22,33-34H,13-20H2;3-10,15-18H,11-14,31-32H2,1-2H3;1-2,5-6,9-14,17-20H,3-4,7-8,15-16,31-32H2;1-10,15-18H,11-14,29-30H2. The van der Waals surface area contributed by atoms with Crippen molar-refractivity contribution in [1.82, 2.24) is 10.6 Å². The van der Waals surface area contributed by atoms with Crippen molar-refractivity contribution in [3.8, 4) is 123 Å². The fraction of sp³-hybridized carbons (Fsp3) is 0.200. The van der Waals surface area contributed by atoms with Gasteiger partial charge in [0.25, 0.3) is 0 Å². The predicted octanol–water partition coefficient (Wildman–Crippen LogP) is 23.4. The fourth-order valence-corrected chi connectivity index (χ4v) is 24.8. The average molecular weight is 1910 g/mol. The Labute approximate surface area is 826 Å². The number of methoxy groups -OCH3 is 2. The number of hydrogen-bond donors (Lipinski definition) is 8. The minimum Gasteiger partial charge on any atom is -0.496 e. The molecule has 16 aromatic carbocycles. The third-order valence-corrected chi connectivity index (χ3v) is 32.7. The van der Waals surface area contributed by atoms with E-state index in [2.05, 4.69) is 287 Å². The van der Waals surface area contributed by atoms with Gasteiger partial charge in [-0.3, -0.25) is 0 Å². The van der Waals surface area contributed by atoms with E-state index in [0.29, 0.717) is 49.1 Å². The number of nitrogens with two attached hydrogens (primary N) is 6. The van der Waals surface area contributed by atoms with E-state index in [0.717, 1.165) is 214 Å². The molecule has 702 valence electrons. The highest BCUT2D eigenvalue weighted by Crippen LogP contribution is 2.50. The molecule has 0 amide bonds. The van der Waals surface area contributed by atoms with Crippen molar-refractivity contribution in [1.29, 1.82) is 0 Å². The number of nitrogens with one attached hydrogen (secondary N) is 2. The number of hydrogen-bond acceptors (Lipinski definition) is 17. The Morgan fingerprint density at radius 2 is 0.576 bits per heavy atom. The SMILES string of the molecule is COc1ccc(CCN)cc1-c1ccc2sc3ccc(-c4cc(CCN)ccc4OC)cc3c2c1.NCCCc1cccc(-c2ccc3c(c2)-c2cc(-c4cccc(CCCN)c4)ccc2S3(=O)=O)c1.NCCc1cccc(-c2ccc3c(c2)-c2cc(-c4cccc(CCN)c4)ccc2S3=O)c1.c1cc(N2CCNCC2)ccc1-c1ccc2sc3ccc(-c4ccc(N5CCNCC5)cc4)cc3c2c1. The van der Waals surface area contributed by atoms with Crippen LogP contribution in [0.5, 0.6) is 11.5 Å². The third-order valence-electron chi connectivity index (χ3n) is 27.0. The van der Waals surface area contributed by atoms with E-state index < -0.39 is 20.6 Å². The van der Waals surface area contributed by atoms with E-state index in [-0.39, 0.29) is 0 Å². The normalized spacial score (nSPS) is 13.5. The molecule has 2 aromatic heterocycles. The van der Waals surface area contributed by atoms with Gasteiger partial charge in [-0.25, -0.2) is 12.6 Å². The monoisotopic (exact) mass is 1910 g/mol. The van der Waals surface area contributed by atoms with E-state index in [1.54, 1.807) is 26.4 Å². The molecule has 22 rings (SSSR count). The van der Waals surface area contributed by atoms with Gasteiger partial charge in [0.1, 0.15) is 11.5 Å². The first-order chi connectivity index (χ1) is 68.1. The molecule has 15 nitrogen and oxygen atoms in total. The Balaban J connectivity index is 0.000000118. The summed E-state index contributed by atoms with van der Waals surface area (Å²) in [5, 5.41) is 12.1. The Morgan fingerprint density at radius 1 is 0.288 bits per heavy atom. The molecular formula is C120H118N10O5S4. The Kier molecular flexibility index (Phi) is 29.7. The highest BCUT2D eigenvalue weighted by Gasteiger charge is 2.34. The number of rotatable bonds is 26. The number of ether oxygens (including phenoxy) is 2. The number of nitrogens with zero attached hydrogens (tertiary/aromatic N) is 2. The van der Waals surface area contributed by atoms with Crippen LogP contribution in [0.2, 0.25) is 0 Å². The lowest BCUT2D eigenvalue weighted by molar-refractivity contribution is 0.416.